The van der Waals surface area contributed by atoms with Gasteiger partial charge in [-0.25, -0.2) is 44.9 Å². The van der Waals surface area contributed by atoms with Gasteiger partial charge in [0.05, 0.1) is 44.7 Å². The minimum Gasteiger partial charge on any atom is -0.423 e. The van der Waals surface area contributed by atoms with Gasteiger partial charge in [-0.1, -0.05) is 0 Å². The lowest BCUT2D eigenvalue weighted by molar-refractivity contribution is 0.00578. The summed E-state index contributed by atoms with van der Waals surface area (Å²) in [6.45, 7) is 24.1. The van der Waals surface area contributed by atoms with Crippen LogP contribution in [0.1, 0.15) is 83.1 Å². The average molecular weight is 1190 g/mol. The van der Waals surface area contributed by atoms with Gasteiger partial charge in [-0.15, -0.1) is 0 Å². The molecule has 27 heteroatoms. The van der Waals surface area contributed by atoms with Crippen LogP contribution in [0.4, 0.5) is 13.2 Å². The molecule has 0 aliphatic carbocycles. The predicted molar refractivity (Wildman–Crippen MR) is 277 cm³/mol. The Morgan fingerprint density at radius 1 is 0.444 bits per heavy atom. The molecule has 0 atom stereocenters. The quantitative estimate of drug-likeness (QED) is 0.0968. The Kier molecular flexibility index (Phi) is 19.6. The lowest BCUT2D eigenvalue weighted by atomic mass is 9.49. The van der Waals surface area contributed by atoms with Crippen LogP contribution in [0.15, 0.2) is 106 Å². The van der Waals surface area contributed by atoms with Crippen molar-refractivity contribution in [2.45, 2.75) is 117 Å². The molecule has 0 amide bonds. The Labute approximate surface area is 443 Å². The van der Waals surface area contributed by atoms with Crippen LogP contribution in [0.2, 0.25) is 0 Å². The second-order valence-electron chi connectivity index (χ2n) is 19.0. The smallest absolute Gasteiger partial charge is 0.423 e. The lowest BCUT2D eigenvalue weighted by Crippen LogP contribution is -2.41. The highest BCUT2D eigenvalue weighted by Gasteiger charge is 2.63. The highest BCUT2D eigenvalue weighted by molar-refractivity contribution is 9.11. The molecule has 2 N–H and O–H groups in total. The number of hydrogen-bond acceptors (Lipinski definition) is 17. The lowest BCUT2D eigenvalue weighted by Gasteiger charge is -2.32. The molecule has 3 aliphatic heterocycles. The third-order valence-electron chi connectivity index (χ3n) is 12.2. The molecular formula is C45H53B4Br3F3N9O8. The summed E-state index contributed by atoms with van der Waals surface area (Å²) in [7, 11) is -3.37. The van der Waals surface area contributed by atoms with Crippen molar-refractivity contribution in [2.75, 3.05) is 0 Å². The summed E-state index contributed by atoms with van der Waals surface area (Å²) in [4.78, 5) is 34.2. The standard InChI is InChI=1S/C15H17BFN3O2.C12H24B2O4.C9H5BrFN3.C5H4BBrFNO2.C4H3BrN2/c1-14(2)15(3,4)22-16(21-14)10-8-11(12(17)20-9-10)13-18-6-5-7-19-13;1-9(2)10(3,4)16-13(15-9)14-17-11(5,6)12(7,8)18-14;10-6-4-7(8(11)14-5-6)9-12-2-1-3-13-9;7-3-1-4(6(10)11)5(8)9-2-3;5-4-6-2-1-3-7-4/h5-9H,1-4H3;1-8H3;1-5H;1-2,10-11H;1-3H. The highest BCUT2D eigenvalue weighted by Crippen LogP contribution is 2.43. The average Bonchev–Trinajstić information content (AvgIpc) is 3.79. The van der Waals surface area contributed by atoms with Crippen molar-refractivity contribution in [1.82, 2.24) is 44.9 Å². The molecule has 0 bridgehead atoms. The van der Waals surface area contributed by atoms with Gasteiger partial charge in [-0.05, 0) is 167 Å². The Hall–Kier alpha value is -4.14. The molecule has 0 aromatic carbocycles. The van der Waals surface area contributed by atoms with E-state index in [-0.39, 0.29) is 39.3 Å². The van der Waals surface area contributed by atoms with Crippen LogP contribution in [-0.2, 0) is 27.9 Å². The fourth-order valence-electron chi connectivity index (χ4n) is 6.08. The Balaban J connectivity index is 0.000000175. The van der Waals surface area contributed by atoms with E-state index in [1.54, 1.807) is 67.5 Å². The maximum atomic E-state index is 14.0. The van der Waals surface area contributed by atoms with Gasteiger partial charge in [0.1, 0.15) is 0 Å². The van der Waals surface area contributed by atoms with Gasteiger partial charge in [-0.3, -0.25) is 0 Å². The normalized spacial score (nSPS) is 18.2. The molecule has 0 spiro atoms. The van der Waals surface area contributed by atoms with E-state index in [9.17, 15) is 13.2 Å². The second-order valence-corrected chi connectivity index (χ2v) is 21.5. The molecule has 0 radical (unpaired) electrons. The topological polar surface area (TPSA) is 212 Å². The number of aromatic nitrogens is 9. The minimum atomic E-state index is -1.82. The molecule has 0 saturated carbocycles. The van der Waals surface area contributed by atoms with Crippen molar-refractivity contribution >= 4 is 87.0 Å². The van der Waals surface area contributed by atoms with E-state index in [0.717, 1.165) is 0 Å². The maximum Gasteiger partial charge on any atom is 0.496 e. The predicted octanol–water partition coefficient (Wildman–Crippen LogP) is 7.57. The summed E-state index contributed by atoms with van der Waals surface area (Å²) in [6, 6.07) is 9.59. The van der Waals surface area contributed by atoms with Gasteiger partial charge in [-0.2, -0.15) is 13.2 Å². The summed E-state index contributed by atoms with van der Waals surface area (Å²) in [6.07, 6.45) is 13.6. The van der Waals surface area contributed by atoms with Gasteiger partial charge in [0.25, 0.3) is 0 Å². The zero-order valence-corrected chi connectivity index (χ0v) is 46.4. The first-order chi connectivity index (χ1) is 33.5. The van der Waals surface area contributed by atoms with Gasteiger partial charge in [0.15, 0.2) is 16.4 Å². The van der Waals surface area contributed by atoms with Gasteiger partial charge < -0.3 is 38.0 Å². The third kappa shape index (κ3) is 15.0. The summed E-state index contributed by atoms with van der Waals surface area (Å²) < 4.78 is 77.4. The SMILES string of the molecule is Brc1ncccn1.CC1(C)OB(B2OC(C)(C)C(C)(C)O2)OC1(C)C.CC1(C)OB(c2cnc(F)c(-c3ncccn3)c2)OC1(C)C.Fc1ncc(Br)cc1-c1ncccn1.OB(O)c1cc(Br)cnc1F. The van der Waals surface area contributed by atoms with E-state index in [0.29, 0.717) is 30.5 Å². The van der Waals surface area contributed by atoms with Crippen LogP contribution in [0.5, 0.6) is 0 Å². The van der Waals surface area contributed by atoms with E-state index in [1.807, 2.05) is 83.1 Å². The fraction of sp³-hybridized carbons (Fsp3) is 0.400. The number of rotatable bonds is 5. The zero-order chi connectivity index (χ0) is 53.5. The van der Waals surface area contributed by atoms with Crippen LogP contribution < -0.4 is 10.9 Å². The molecule has 0 unspecified atom stereocenters. The van der Waals surface area contributed by atoms with Crippen LogP contribution in [0, 0.1) is 17.8 Å². The van der Waals surface area contributed by atoms with E-state index in [1.165, 1.54) is 24.7 Å². The number of nitrogens with zero attached hydrogens (tertiary/aromatic N) is 9. The molecule has 3 fully saturated rings. The van der Waals surface area contributed by atoms with Crippen LogP contribution in [-0.4, -0.2) is 117 Å². The molecule has 17 nitrogen and oxygen atoms in total. The number of hydrogen-bond donors (Lipinski definition) is 2. The van der Waals surface area contributed by atoms with E-state index < -0.39 is 57.3 Å². The molecule has 9 rings (SSSR count). The van der Waals surface area contributed by atoms with Crippen molar-refractivity contribution in [1.29, 1.82) is 0 Å². The van der Waals surface area contributed by atoms with Crippen LogP contribution in [0.3, 0.4) is 0 Å². The van der Waals surface area contributed by atoms with E-state index >= 15 is 0 Å². The highest BCUT2D eigenvalue weighted by atomic mass is 79.9. The molecule has 6 aromatic rings. The van der Waals surface area contributed by atoms with Crippen molar-refractivity contribution in [2.24, 2.45) is 0 Å². The summed E-state index contributed by atoms with van der Waals surface area (Å²) in [5.74, 6) is -1.45. The molecule has 9 heterocycles. The fourth-order valence-corrected chi connectivity index (χ4v) is 7.00. The molecule has 6 aromatic heterocycles. The van der Waals surface area contributed by atoms with Crippen molar-refractivity contribution in [3.05, 3.63) is 124 Å². The van der Waals surface area contributed by atoms with Gasteiger partial charge in [0, 0.05) is 75.6 Å². The maximum absolute atomic E-state index is 14.0. The minimum absolute atomic E-state index is 0.229. The van der Waals surface area contributed by atoms with Crippen molar-refractivity contribution in [3.8, 4) is 22.8 Å². The Morgan fingerprint density at radius 2 is 0.778 bits per heavy atom. The largest absolute Gasteiger partial charge is 0.496 e. The number of pyridine rings is 3. The first kappa shape index (κ1) is 58.7. The summed E-state index contributed by atoms with van der Waals surface area (Å²) >= 11 is 9.31. The van der Waals surface area contributed by atoms with Gasteiger partial charge in [0.2, 0.25) is 17.8 Å². The summed E-state index contributed by atoms with van der Waals surface area (Å²) in [5.41, 5.74) is -1.44. The zero-order valence-electron chi connectivity index (χ0n) is 41.6. The monoisotopic (exact) mass is 1190 g/mol. The first-order valence-corrected chi connectivity index (χ1v) is 24.5. The molecule has 72 heavy (non-hydrogen) atoms. The van der Waals surface area contributed by atoms with E-state index in [4.69, 9.17) is 38.0 Å². The van der Waals surface area contributed by atoms with Crippen molar-refractivity contribution in [3.63, 3.8) is 0 Å². The molecule has 3 saturated heterocycles. The Bertz CT molecular complexity index is 2660. The van der Waals surface area contributed by atoms with E-state index in [2.05, 4.69) is 92.6 Å². The summed E-state index contributed by atoms with van der Waals surface area (Å²) in [5, 5.41) is 17.2. The number of halogens is 6. The first-order valence-electron chi connectivity index (χ1n) is 22.1. The molecule has 3 aliphatic rings. The second kappa shape index (κ2) is 24.0. The molecule has 380 valence electrons. The van der Waals surface area contributed by atoms with Crippen LogP contribution in [0.25, 0.3) is 22.8 Å². The third-order valence-corrected chi connectivity index (χ3v) is 13.5. The Morgan fingerprint density at radius 3 is 1.14 bits per heavy atom. The van der Waals surface area contributed by atoms with Gasteiger partial charge >= 0.3 is 28.3 Å². The van der Waals surface area contributed by atoms with Crippen LogP contribution >= 0.6 is 47.8 Å². The van der Waals surface area contributed by atoms with Crippen molar-refractivity contribution < 1.29 is 51.1 Å². The molecular weight excluding hydrogens is 1130 g/mol.